The summed E-state index contributed by atoms with van der Waals surface area (Å²) >= 11 is 0. The number of aromatic amines is 1. The number of nitrogens with one attached hydrogen (secondary N) is 2. The fourth-order valence-corrected chi connectivity index (χ4v) is 8.04. The lowest BCUT2D eigenvalue weighted by Crippen LogP contribution is -2.53. The first-order valence-corrected chi connectivity index (χ1v) is 16.8. The van der Waals surface area contributed by atoms with Gasteiger partial charge in [-0.2, -0.15) is 0 Å². The summed E-state index contributed by atoms with van der Waals surface area (Å²) in [5.74, 6) is -0.235. The average molecular weight is 631 g/mol. The van der Waals surface area contributed by atoms with Gasteiger partial charge in [0.25, 0.3) is 0 Å². The molecule has 2 fully saturated rings. The molecule has 1 saturated heterocycles. The van der Waals surface area contributed by atoms with Gasteiger partial charge < -0.3 is 25.0 Å². The van der Waals surface area contributed by atoms with Crippen LogP contribution in [0, 0.1) is 12.8 Å². The molecule has 1 atom stereocenters. The number of aromatic nitrogens is 1. The van der Waals surface area contributed by atoms with E-state index in [-0.39, 0.29) is 48.5 Å². The molecule has 4 aromatic rings. The Kier molecular flexibility index (Phi) is 8.67. The molecule has 3 aromatic carbocycles. The van der Waals surface area contributed by atoms with Crippen molar-refractivity contribution in [2.24, 2.45) is 5.92 Å². The maximum Gasteiger partial charge on any atom is 0.407 e. The number of hydrogen-bond acceptors (Lipinski definition) is 5. The van der Waals surface area contributed by atoms with E-state index >= 15 is 0 Å². The summed E-state index contributed by atoms with van der Waals surface area (Å²) in [5, 5.41) is 19.9. The highest BCUT2D eigenvalue weighted by Gasteiger charge is 2.38. The molecule has 6 rings (SSSR count). The topological polar surface area (TPSA) is 143 Å². The van der Waals surface area contributed by atoms with Crippen LogP contribution in [-0.2, 0) is 21.4 Å². The molecule has 45 heavy (non-hydrogen) atoms. The lowest BCUT2D eigenvalue weighted by atomic mass is 9.85. The second kappa shape index (κ2) is 12.7. The van der Waals surface area contributed by atoms with Crippen LogP contribution < -0.4 is 4.72 Å². The van der Waals surface area contributed by atoms with E-state index in [2.05, 4.69) is 9.71 Å². The number of fused-ring (bicyclic) bond motifs is 1. The Labute approximate surface area is 262 Å². The Balaban J connectivity index is 1.11. The second-order valence-corrected chi connectivity index (χ2v) is 13.8. The van der Waals surface area contributed by atoms with Crippen molar-refractivity contribution in [3.05, 3.63) is 89.5 Å². The maximum atomic E-state index is 13.7. The van der Waals surface area contributed by atoms with E-state index in [0.717, 1.165) is 33.3 Å². The number of carbonyl (C=O) groups is 2. The minimum atomic E-state index is -3.80. The van der Waals surface area contributed by atoms with Crippen LogP contribution in [0.4, 0.5) is 4.79 Å². The lowest BCUT2D eigenvalue weighted by Gasteiger charge is -2.43. The average Bonchev–Trinajstić information content (AvgIpc) is 3.48. The fraction of sp³-hybridized carbons (Fsp3) is 0.353. The molecule has 10 nitrogen and oxygen atoms in total. The molecule has 1 aliphatic carbocycles. The number of nitrogens with zero attached hydrogens (tertiary/aromatic N) is 2. The number of rotatable bonds is 7. The standard InChI is InChI=1S/C34H38N4O6S/c1-22-17-23(21-39)7-14-29(22)31-18-26-10-13-28(19-30(26)35-31)45(43,44)36-27-11-8-25(9-12-27)33(40)38-16-15-37(34(41)42)20-32(38)24-5-3-2-4-6-24/h2-7,10,13-14,17-19,25,27,32,35-36,39H,8-9,11-12,15-16,20-21H2,1H3,(H,41,42)/t25-,27-,32?. The zero-order valence-corrected chi connectivity index (χ0v) is 26.0. The van der Waals surface area contributed by atoms with Crippen LogP contribution in [-0.4, -0.2) is 71.1 Å². The summed E-state index contributed by atoms with van der Waals surface area (Å²) in [4.78, 5) is 32.1. The van der Waals surface area contributed by atoms with E-state index in [0.29, 0.717) is 37.7 Å². The van der Waals surface area contributed by atoms with E-state index < -0.39 is 16.1 Å². The van der Waals surface area contributed by atoms with Crippen LogP contribution in [0.5, 0.6) is 0 Å². The first kappa shape index (κ1) is 30.8. The van der Waals surface area contributed by atoms with E-state index in [1.165, 1.54) is 4.90 Å². The third-order valence-corrected chi connectivity index (χ3v) is 10.7. The molecule has 11 heteroatoms. The summed E-state index contributed by atoms with van der Waals surface area (Å²) in [6.45, 7) is 2.77. The SMILES string of the molecule is Cc1cc(CO)ccc1-c1cc2ccc(S(=O)(=O)N[C@H]3CC[C@H](C(=O)N4CCN(C(=O)O)CC4c4ccccc4)CC3)cc2[nH]1. The van der Waals surface area contributed by atoms with Gasteiger partial charge in [0.1, 0.15) is 0 Å². The van der Waals surface area contributed by atoms with Crippen LogP contribution in [0.15, 0.2) is 77.7 Å². The van der Waals surface area contributed by atoms with Crippen molar-refractivity contribution in [2.45, 2.75) is 56.2 Å². The Bertz CT molecular complexity index is 1810. The van der Waals surface area contributed by atoms with Crippen LogP contribution in [0.25, 0.3) is 22.2 Å². The maximum absolute atomic E-state index is 13.7. The van der Waals surface area contributed by atoms with E-state index in [4.69, 9.17) is 0 Å². The number of aliphatic hydroxyl groups excluding tert-OH is 1. The molecule has 4 N–H and O–H groups in total. The van der Waals surface area contributed by atoms with Crippen molar-refractivity contribution in [3.63, 3.8) is 0 Å². The first-order chi connectivity index (χ1) is 21.6. The number of piperazine rings is 1. The van der Waals surface area contributed by atoms with Crippen molar-refractivity contribution < 1.29 is 28.2 Å². The zero-order valence-electron chi connectivity index (χ0n) is 25.1. The van der Waals surface area contributed by atoms with E-state index in [9.17, 15) is 28.2 Å². The molecule has 1 saturated carbocycles. The van der Waals surface area contributed by atoms with Gasteiger partial charge in [-0.15, -0.1) is 0 Å². The quantitative estimate of drug-likeness (QED) is 0.226. The molecule has 2 aliphatic rings. The highest BCUT2D eigenvalue weighted by Crippen LogP contribution is 2.33. The monoisotopic (exact) mass is 630 g/mol. The fourth-order valence-electron chi connectivity index (χ4n) is 6.71. The molecule has 1 unspecified atom stereocenters. The van der Waals surface area contributed by atoms with Gasteiger partial charge in [0, 0.05) is 53.8 Å². The highest BCUT2D eigenvalue weighted by atomic mass is 32.2. The van der Waals surface area contributed by atoms with Gasteiger partial charge in [-0.25, -0.2) is 17.9 Å². The second-order valence-electron chi connectivity index (χ2n) is 12.1. The summed E-state index contributed by atoms with van der Waals surface area (Å²) < 4.78 is 29.7. The zero-order chi connectivity index (χ0) is 31.7. The summed E-state index contributed by atoms with van der Waals surface area (Å²) in [6, 6.07) is 21.7. The summed E-state index contributed by atoms with van der Waals surface area (Å²) in [5.41, 5.74) is 5.31. The van der Waals surface area contributed by atoms with E-state index in [1.807, 2.05) is 66.4 Å². The lowest BCUT2D eigenvalue weighted by molar-refractivity contribution is -0.141. The van der Waals surface area contributed by atoms with Gasteiger partial charge in [0.2, 0.25) is 15.9 Å². The first-order valence-electron chi connectivity index (χ1n) is 15.3. The summed E-state index contributed by atoms with van der Waals surface area (Å²) in [7, 11) is -3.80. The molecule has 2 heterocycles. The van der Waals surface area contributed by atoms with Crippen molar-refractivity contribution in [1.82, 2.24) is 19.5 Å². The molecule has 0 bridgehead atoms. The number of sulfonamides is 1. The van der Waals surface area contributed by atoms with Crippen LogP contribution in [0.3, 0.4) is 0 Å². The number of benzene rings is 3. The van der Waals surface area contributed by atoms with Crippen molar-refractivity contribution in [2.75, 3.05) is 19.6 Å². The van der Waals surface area contributed by atoms with Crippen LogP contribution >= 0.6 is 0 Å². The minimum Gasteiger partial charge on any atom is -0.465 e. The Hall–Kier alpha value is -4.19. The molecule has 1 aromatic heterocycles. The normalized spacial score (nSPS) is 20.8. The highest BCUT2D eigenvalue weighted by molar-refractivity contribution is 7.89. The number of carbonyl (C=O) groups excluding carboxylic acids is 1. The predicted octanol–water partition coefficient (Wildman–Crippen LogP) is 5.04. The van der Waals surface area contributed by atoms with Gasteiger partial charge in [-0.3, -0.25) is 4.79 Å². The Morgan fingerprint density at radius 2 is 1.71 bits per heavy atom. The van der Waals surface area contributed by atoms with Crippen molar-refractivity contribution in [3.8, 4) is 11.3 Å². The Morgan fingerprint density at radius 3 is 2.40 bits per heavy atom. The molecular weight excluding hydrogens is 592 g/mol. The molecule has 1 aliphatic heterocycles. The van der Waals surface area contributed by atoms with Gasteiger partial charge >= 0.3 is 6.09 Å². The number of hydrogen-bond donors (Lipinski definition) is 4. The smallest absolute Gasteiger partial charge is 0.407 e. The molecule has 2 amide bonds. The van der Waals surface area contributed by atoms with Crippen LogP contribution in [0.2, 0.25) is 0 Å². The number of carboxylic acid groups (broad SMARTS) is 1. The molecule has 236 valence electrons. The largest absolute Gasteiger partial charge is 0.465 e. The molecule has 0 spiro atoms. The van der Waals surface area contributed by atoms with Gasteiger partial charge in [-0.05, 0) is 67.5 Å². The molecule has 0 radical (unpaired) electrons. The van der Waals surface area contributed by atoms with Crippen molar-refractivity contribution in [1.29, 1.82) is 0 Å². The van der Waals surface area contributed by atoms with Gasteiger partial charge in [0.15, 0.2) is 0 Å². The van der Waals surface area contributed by atoms with Gasteiger partial charge in [-0.1, -0.05) is 54.6 Å². The van der Waals surface area contributed by atoms with Crippen molar-refractivity contribution >= 4 is 32.9 Å². The number of H-pyrrole nitrogens is 1. The predicted molar refractivity (Wildman–Crippen MR) is 171 cm³/mol. The number of aliphatic hydroxyl groups is 1. The Morgan fingerprint density at radius 1 is 0.956 bits per heavy atom. The van der Waals surface area contributed by atoms with Gasteiger partial charge in [0.05, 0.1) is 17.5 Å². The van der Waals surface area contributed by atoms with E-state index in [1.54, 1.807) is 18.2 Å². The minimum absolute atomic E-state index is 0.00411. The third kappa shape index (κ3) is 6.47. The number of aryl methyl sites for hydroxylation is 1. The molecular formula is C34H38N4O6S. The van der Waals surface area contributed by atoms with Crippen LogP contribution in [0.1, 0.15) is 48.4 Å². The third-order valence-electron chi connectivity index (χ3n) is 9.18. The number of amides is 2. The summed E-state index contributed by atoms with van der Waals surface area (Å²) in [6.07, 6.45) is 1.20.